The highest BCUT2D eigenvalue weighted by Crippen LogP contribution is 2.29. The van der Waals surface area contributed by atoms with Crippen molar-refractivity contribution in [3.8, 4) is 17.0 Å². The number of nitrogens with zero attached hydrogens (tertiary/aromatic N) is 3. The molecular formula is C14H19N3O. The quantitative estimate of drug-likeness (QED) is 0.831. The molecule has 0 saturated heterocycles. The molecule has 0 fully saturated rings. The van der Waals surface area contributed by atoms with Gasteiger partial charge in [-0.3, -0.25) is 0 Å². The second kappa shape index (κ2) is 4.80. The van der Waals surface area contributed by atoms with E-state index in [0.29, 0.717) is 0 Å². The minimum absolute atomic E-state index is 0.0206. The van der Waals surface area contributed by atoms with Crippen LogP contribution in [0.3, 0.4) is 0 Å². The number of benzene rings is 1. The van der Waals surface area contributed by atoms with Crippen molar-refractivity contribution in [1.29, 1.82) is 0 Å². The van der Waals surface area contributed by atoms with E-state index >= 15 is 0 Å². The van der Waals surface area contributed by atoms with Gasteiger partial charge in [-0.2, -0.15) is 0 Å². The summed E-state index contributed by atoms with van der Waals surface area (Å²) in [6, 6.07) is 7.84. The van der Waals surface area contributed by atoms with E-state index < -0.39 is 0 Å². The molecule has 1 aromatic carbocycles. The summed E-state index contributed by atoms with van der Waals surface area (Å²) in [4.78, 5) is 0. The van der Waals surface area contributed by atoms with Gasteiger partial charge >= 0.3 is 0 Å². The number of aromatic nitrogens is 3. The Morgan fingerprint density at radius 1 is 1.28 bits per heavy atom. The maximum atomic E-state index is 5.34. The highest BCUT2D eigenvalue weighted by molar-refractivity contribution is 5.66. The van der Waals surface area contributed by atoms with E-state index in [0.717, 1.165) is 23.4 Å². The van der Waals surface area contributed by atoms with Crippen molar-refractivity contribution in [2.45, 2.75) is 32.7 Å². The summed E-state index contributed by atoms with van der Waals surface area (Å²) in [5, 5.41) is 8.46. The Balaban J connectivity index is 2.41. The van der Waals surface area contributed by atoms with Crippen LogP contribution in [0, 0.1) is 0 Å². The lowest BCUT2D eigenvalue weighted by atomic mass is 10.0. The van der Waals surface area contributed by atoms with Gasteiger partial charge in [0.2, 0.25) is 0 Å². The summed E-state index contributed by atoms with van der Waals surface area (Å²) in [7, 11) is 1.67. The molecular weight excluding hydrogens is 226 g/mol. The van der Waals surface area contributed by atoms with Gasteiger partial charge < -0.3 is 4.74 Å². The fourth-order valence-corrected chi connectivity index (χ4v) is 1.70. The standard InChI is InChI=1S/C14H19N3O/c1-5-14(2,3)17-10-12(15-16-17)11-8-6-7-9-13(11)18-4/h6-10H,5H2,1-4H3. The van der Waals surface area contributed by atoms with E-state index in [9.17, 15) is 0 Å². The summed E-state index contributed by atoms with van der Waals surface area (Å²) < 4.78 is 7.26. The van der Waals surface area contributed by atoms with Crippen LogP contribution < -0.4 is 4.74 Å². The molecule has 2 rings (SSSR count). The highest BCUT2D eigenvalue weighted by atomic mass is 16.5. The third-order valence-corrected chi connectivity index (χ3v) is 3.36. The lowest BCUT2D eigenvalue weighted by Crippen LogP contribution is -2.25. The van der Waals surface area contributed by atoms with Crippen LogP contribution in [0.4, 0.5) is 0 Å². The minimum Gasteiger partial charge on any atom is -0.496 e. The molecule has 1 aromatic heterocycles. The number of methoxy groups -OCH3 is 1. The zero-order chi connectivity index (χ0) is 13.2. The van der Waals surface area contributed by atoms with Crippen molar-refractivity contribution in [2.75, 3.05) is 7.11 Å². The fourth-order valence-electron chi connectivity index (χ4n) is 1.70. The van der Waals surface area contributed by atoms with Crippen LogP contribution in [0.2, 0.25) is 0 Å². The molecule has 0 N–H and O–H groups in total. The molecule has 0 aliphatic rings. The maximum Gasteiger partial charge on any atom is 0.128 e. The molecule has 0 amide bonds. The van der Waals surface area contributed by atoms with E-state index in [1.165, 1.54) is 0 Å². The molecule has 0 radical (unpaired) electrons. The summed E-state index contributed by atoms with van der Waals surface area (Å²) in [6.07, 6.45) is 2.98. The monoisotopic (exact) mass is 245 g/mol. The number of hydrogen-bond acceptors (Lipinski definition) is 3. The third kappa shape index (κ3) is 2.23. The van der Waals surface area contributed by atoms with E-state index in [1.54, 1.807) is 7.11 Å². The SMILES string of the molecule is CCC(C)(C)n1cc(-c2ccccc2OC)nn1. The normalized spacial score (nSPS) is 11.6. The first-order valence-electron chi connectivity index (χ1n) is 6.14. The fraction of sp³-hybridized carbons (Fsp3) is 0.429. The Kier molecular flexibility index (Phi) is 3.36. The lowest BCUT2D eigenvalue weighted by Gasteiger charge is -2.22. The second-order valence-electron chi connectivity index (χ2n) is 4.91. The summed E-state index contributed by atoms with van der Waals surface area (Å²) in [5.41, 5.74) is 1.79. The van der Waals surface area contributed by atoms with Crippen molar-refractivity contribution in [1.82, 2.24) is 15.0 Å². The highest BCUT2D eigenvalue weighted by Gasteiger charge is 2.20. The van der Waals surface area contributed by atoms with Gasteiger partial charge in [0.25, 0.3) is 0 Å². The Hall–Kier alpha value is -1.84. The molecule has 18 heavy (non-hydrogen) atoms. The molecule has 1 heterocycles. The summed E-state index contributed by atoms with van der Waals surface area (Å²) in [6.45, 7) is 6.44. The molecule has 0 saturated carbocycles. The Morgan fingerprint density at radius 2 is 2.00 bits per heavy atom. The van der Waals surface area contributed by atoms with Crippen LogP contribution in [-0.4, -0.2) is 22.1 Å². The Labute approximate surface area is 108 Å². The molecule has 4 heteroatoms. The van der Waals surface area contributed by atoms with Crippen LogP contribution in [0.25, 0.3) is 11.3 Å². The predicted octanol–water partition coefficient (Wildman–Crippen LogP) is 3.10. The first kappa shape index (κ1) is 12.6. The van der Waals surface area contributed by atoms with Crippen LogP contribution in [0.5, 0.6) is 5.75 Å². The van der Waals surface area contributed by atoms with Crippen LogP contribution in [0.15, 0.2) is 30.5 Å². The Bertz CT molecular complexity index is 531. The molecule has 2 aromatic rings. The molecule has 96 valence electrons. The van der Waals surface area contributed by atoms with Gasteiger partial charge in [-0.05, 0) is 32.4 Å². The topological polar surface area (TPSA) is 39.9 Å². The smallest absolute Gasteiger partial charge is 0.128 e. The van der Waals surface area contributed by atoms with Gasteiger partial charge in [0.15, 0.2) is 0 Å². The number of para-hydroxylation sites is 1. The van der Waals surface area contributed by atoms with Crippen molar-refractivity contribution in [3.63, 3.8) is 0 Å². The molecule has 0 spiro atoms. The first-order valence-corrected chi connectivity index (χ1v) is 6.14. The first-order chi connectivity index (χ1) is 8.58. The zero-order valence-corrected chi connectivity index (χ0v) is 11.3. The number of hydrogen-bond donors (Lipinski definition) is 0. The maximum absolute atomic E-state index is 5.34. The van der Waals surface area contributed by atoms with Crippen LogP contribution >= 0.6 is 0 Å². The molecule has 0 aliphatic heterocycles. The molecule has 0 unspecified atom stereocenters. The van der Waals surface area contributed by atoms with Gasteiger partial charge in [0, 0.05) is 5.56 Å². The predicted molar refractivity (Wildman–Crippen MR) is 71.6 cm³/mol. The average molecular weight is 245 g/mol. The molecule has 0 aliphatic carbocycles. The summed E-state index contributed by atoms with van der Waals surface area (Å²) in [5.74, 6) is 0.818. The van der Waals surface area contributed by atoms with Crippen molar-refractivity contribution < 1.29 is 4.74 Å². The van der Waals surface area contributed by atoms with Crippen molar-refractivity contribution in [2.24, 2.45) is 0 Å². The van der Waals surface area contributed by atoms with Gasteiger partial charge in [0.05, 0.1) is 18.8 Å². The summed E-state index contributed by atoms with van der Waals surface area (Å²) >= 11 is 0. The van der Waals surface area contributed by atoms with Gasteiger partial charge in [-0.1, -0.05) is 24.3 Å². The zero-order valence-electron chi connectivity index (χ0n) is 11.3. The van der Waals surface area contributed by atoms with Crippen LogP contribution in [-0.2, 0) is 5.54 Å². The number of ether oxygens (including phenoxy) is 1. The minimum atomic E-state index is -0.0206. The third-order valence-electron chi connectivity index (χ3n) is 3.36. The average Bonchev–Trinajstić information content (AvgIpc) is 2.89. The van der Waals surface area contributed by atoms with E-state index in [2.05, 4.69) is 31.1 Å². The molecule has 0 atom stereocenters. The van der Waals surface area contributed by atoms with E-state index in [-0.39, 0.29) is 5.54 Å². The molecule has 0 bridgehead atoms. The van der Waals surface area contributed by atoms with Gasteiger partial charge in [-0.25, -0.2) is 4.68 Å². The van der Waals surface area contributed by atoms with Gasteiger partial charge in [0.1, 0.15) is 11.4 Å². The van der Waals surface area contributed by atoms with Crippen LogP contribution in [0.1, 0.15) is 27.2 Å². The largest absolute Gasteiger partial charge is 0.496 e. The second-order valence-corrected chi connectivity index (χ2v) is 4.91. The molecule has 4 nitrogen and oxygen atoms in total. The van der Waals surface area contributed by atoms with E-state index in [4.69, 9.17) is 4.74 Å². The van der Waals surface area contributed by atoms with Crippen molar-refractivity contribution >= 4 is 0 Å². The van der Waals surface area contributed by atoms with Crippen molar-refractivity contribution in [3.05, 3.63) is 30.5 Å². The van der Waals surface area contributed by atoms with E-state index in [1.807, 2.05) is 35.1 Å². The number of rotatable bonds is 4. The lowest BCUT2D eigenvalue weighted by molar-refractivity contribution is 0.301. The Morgan fingerprint density at radius 3 is 2.67 bits per heavy atom. The van der Waals surface area contributed by atoms with Gasteiger partial charge in [-0.15, -0.1) is 5.10 Å².